The van der Waals surface area contributed by atoms with Crippen molar-refractivity contribution in [2.75, 3.05) is 32.8 Å². The van der Waals surface area contributed by atoms with E-state index in [1.54, 1.807) is 0 Å². The van der Waals surface area contributed by atoms with E-state index >= 15 is 0 Å². The van der Waals surface area contributed by atoms with Gasteiger partial charge >= 0.3 is 0 Å². The number of hydrogen-bond acceptors (Lipinski definition) is 6. The van der Waals surface area contributed by atoms with Crippen LogP contribution in [-0.2, 0) is 4.74 Å². The maximum absolute atomic E-state index is 13.3. The minimum atomic E-state index is -0.266. The van der Waals surface area contributed by atoms with Gasteiger partial charge in [0.1, 0.15) is 11.9 Å². The van der Waals surface area contributed by atoms with E-state index in [2.05, 4.69) is 20.4 Å². The highest BCUT2D eigenvalue weighted by molar-refractivity contribution is 6.01. The Hall–Kier alpha value is -2.94. The van der Waals surface area contributed by atoms with Crippen molar-refractivity contribution >= 4 is 16.8 Å². The van der Waals surface area contributed by atoms with Crippen molar-refractivity contribution < 1.29 is 19.4 Å². The largest absolute Gasteiger partial charge is 0.490 e. The fourth-order valence-corrected chi connectivity index (χ4v) is 6.51. The SMILES string of the molecule is O=C(NCC1(N2CCOCC2)CCCC1)c1ccc2[nH]nc(-c3ccc(OC4CCC[C@@H](O)C4)cc3)c2c1. The summed E-state index contributed by atoms with van der Waals surface area (Å²) in [5.74, 6) is 0.755. The zero-order chi connectivity index (χ0) is 26.0. The number of aromatic nitrogens is 2. The normalized spacial score (nSPS) is 23.9. The molecule has 0 bridgehead atoms. The molecule has 0 radical (unpaired) electrons. The minimum Gasteiger partial charge on any atom is -0.490 e. The number of aliphatic hydroxyl groups excluding tert-OH is 1. The maximum atomic E-state index is 13.3. The number of carbonyl (C=O) groups is 1. The molecular formula is C30H38N4O4. The van der Waals surface area contributed by atoms with E-state index in [-0.39, 0.29) is 23.7 Å². The third kappa shape index (κ3) is 5.30. The summed E-state index contributed by atoms with van der Waals surface area (Å²) in [4.78, 5) is 15.8. The molecule has 3 aromatic rings. The standard InChI is InChI=1S/C30H38N4O4/c35-23-4-3-5-25(19-23)38-24-9-6-21(7-10-24)28-26-18-22(8-11-27(26)32-33-28)29(36)31-20-30(12-1-2-13-30)34-14-16-37-17-15-34/h6-11,18,23,25,35H,1-5,12-17,19-20H2,(H,31,36)(H,32,33)/t23-,25?/m1/s1. The first kappa shape index (κ1) is 25.3. The van der Waals surface area contributed by atoms with Crippen molar-refractivity contribution in [3.8, 4) is 17.0 Å². The molecule has 8 nitrogen and oxygen atoms in total. The van der Waals surface area contributed by atoms with E-state index in [9.17, 15) is 9.90 Å². The first-order chi connectivity index (χ1) is 18.6. The van der Waals surface area contributed by atoms with E-state index in [0.29, 0.717) is 18.5 Å². The number of rotatable bonds is 7. The Morgan fingerprint density at radius 1 is 1.11 bits per heavy atom. The topological polar surface area (TPSA) is 99.7 Å². The molecule has 3 N–H and O–H groups in total. The number of aromatic amines is 1. The molecule has 0 spiro atoms. The van der Waals surface area contributed by atoms with Crippen LogP contribution in [0, 0.1) is 0 Å². The summed E-state index contributed by atoms with van der Waals surface area (Å²) < 4.78 is 11.7. The van der Waals surface area contributed by atoms with Crippen LogP contribution in [0.3, 0.4) is 0 Å². The van der Waals surface area contributed by atoms with Crippen molar-refractivity contribution in [1.82, 2.24) is 20.4 Å². The molecule has 2 aromatic carbocycles. The van der Waals surface area contributed by atoms with Gasteiger partial charge in [0.05, 0.1) is 30.5 Å². The van der Waals surface area contributed by atoms with Crippen LogP contribution in [0.5, 0.6) is 5.75 Å². The van der Waals surface area contributed by atoms with E-state index in [1.807, 2.05) is 42.5 Å². The fraction of sp³-hybridized carbons (Fsp3) is 0.533. The Morgan fingerprint density at radius 2 is 1.89 bits per heavy atom. The minimum absolute atomic E-state index is 0.0444. The summed E-state index contributed by atoms with van der Waals surface area (Å²) in [5.41, 5.74) is 3.36. The first-order valence-electron chi connectivity index (χ1n) is 14.1. The zero-order valence-corrected chi connectivity index (χ0v) is 22.0. The monoisotopic (exact) mass is 518 g/mol. The number of nitrogens with one attached hydrogen (secondary N) is 2. The van der Waals surface area contributed by atoms with Gasteiger partial charge in [0.25, 0.3) is 5.91 Å². The van der Waals surface area contributed by atoms with Gasteiger partial charge < -0.3 is 19.9 Å². The molecule has 38 heavy (non-hydrogen) atoms. The second-order valence-electron chi connectivity index (χ2n) is 11.1. The Kier molecular flexibility index (Phi) is 7.37. The van der Waals surface area contributed by atoms with Crippen molar-refractivity contribution in [2.45, 2.75) is 69.1 Å². The van der Waals surface area contributed by atoms with Gasteiger partial charge in [-0.1, -0.05) is 12.8 Å². The van der Waals surface area contributed by atoms with Crippen LogP contribution in [0.25, 0.3) is 22.2 Å². The predicted molar refractivity (Wildman–Crippen MR) is 146 cm³/mol. The van der Waals surface area contributed by atoms with Crippen LogP contribution in [0.2, 0.25) is 0 Å². The molecule has 1 aromatic heterocycles. The van der Waals surface area contributed by atoms with Crippen LogP contribution in [0.4, 0.5) is 0 Å². The Bertz CT molecular complexity index is 1240. The molecule has 3 aliphatic rings. The van der Waals surface area contributed by atoms with E-state index in [4.69, 9.17) is 9.47 Å². The quantitative estimate of drug-likeness (QED) is 0.432. The summed E-state index contributed by atoms with van der Waals surface area (Å²) in [6.45, 7) is 4.08. The maximum Gasteiger partial charge on any atom is 0.251 e. The van der Waals surface area contributed by atoms with Gasteiger partial charge in [-0.3, -0.25) is 14.8 Å². The van der Waals surface area contributed by atoms with Crippen LogP contribution in [-0.4, -0.2) is 76.7 Å². The molecule has 1 saturated heterocycles. The number of nitrogens with zero attached hydrogens (tertiary/aromatic N) is 2. The smallest absolute Gasteiger partial charge is 0.251 e. The molecule has 2 heterocycles. The zero-order valence-electron chi connectivity index (χ0n) is 22.0. The molecule has 2 atom stereocenters. The molecule has 202 valence electrons. The number of fused-ring (bicyclic) bond motifs is 1. The Balaban J connectivity index is 1.15. The van der Waals surface area contributed by atoms with Crippen molar-refractivity contribution in [2.24, 2.45) is 0 Å². The number of morpholine rings is 1. The average molecular weight is 519 g/mol. The number of ether oxygens (including phenoxy) is 2. The van der Waals surface area contributed by atoms with Gasteiger partial charge in [0, 0.05) is 48.1 Å². The molecule has 1 aliphatic heterocycles. The van der Waals surface area contributed by atoms with Gasteiger partial charge in [-0.15, -0.1) is 0 Å². The number of hydrogen-bond donors (Lipinski definition) is 3. The van der Waals surface area contributed by atoms with E-state index < -0.39 is 0 Å². The number of H-pyrrole nitrogens is 1. The van der Waals surface area contributed by atoms with Crippen LogP contribution >= 0.6 is 0 Å². The van der Waals surface area contributed by atoms with E-state index in [1.165, 1.54) is 12.8 Å². The lowest BCUT2D eigenvalue weighted by atomic mass is 9.94. The number of aliphatic hydroxyl groups is 1. The summed E-state index contributed by atoms with van der Waals surface area (Å²) in [7, 11) is 0. The molecule has 6 rings (SSSR count). The lowest BCUT2D eigenvalue weighted by Crippen LogP contribution is -2.57. The third-order valence-corrected chi connectivity index (χ3v) is 8.65. The fourth-order valence-electron chi connectivity index (χ4n) is 6.51. The van der Waals surface area contributed by atoms with Gasteiger partial charge in [-0.25, -0.2) is 0 Å². The summed E-state index contributed by atoms with van der Waals surface area (Å²) >= 11 is 0. The van der Waals surface area contributed by atoms with Crippen LogP contribution < -0.4 is 10.1 Å². The van der Waals surface area contributed by atoms with Gasteiger partial charge in [-0.05, 0) is 74.6 Å². The number of carbonyl (C=O) groups excluding carboxylic acids is 1. The molecule has 1 amide bonds. The Morgan fingerprint density at radius 3 is 2.66 bits per heavy atom. The highest BCUT2D eigenvalue weighted by Crippen LogP contribution is 2.36. The summed E-state index contributed by atoms with van der Waals surface area (Å²) in [6, 6.07) is 13.7. The molecule has 8 heteroatoms. The molecule has 2 saturated carbocycles. The molecule has 1 unspecified atom stereocenters. The first-order valence-corrected chi connectivity index (χ1v) is 14.1. The molecule has 2 aliphatic carbocycles. The summed E-state index contributed by atoms with van der Waals surface area (Å²) in [5, 5.41) is 21.8. The van der Waals surface area contributed by atoms with E-state index in [0.717, 1.165) is 86.3 Å². The van der Waals surface area contributed by atoms with Gasteiger partial charge in [-0.2, -0.15) is 5.10 Å². The highest BCUT2D eigenvalue weighted by Gasteiger charge is 2.40. The third-order valence-electron chi connectivity index (χ3n) is 8.65. The summed E-state index contributed by atoms with van der Waals surface area (Å²) in [6.07, 6.45) is 7.98. The van der Waals surface area contributed by atoms with Gasteiger partial charge in [0.15, 0.2) is 0 Å². The van der Waals surface area contributed by atoms with Gasteiger partial charge in [0.2, 0.25) is 0 Å². The lowest BCUT2D eigenvalue weighted by molar-refractivity contribution is -0.0199. The van der Waals surface area contributed by atoms with Crippen molar-refractivity contribution in [1.29, 1.82) is 0 Å². The average Bonchev–Trinajstić information content (AvgIpc) is 3.61. The van der Waals surface area contributed by atoms with Crippen LogP contribution in [0.1, 0.15) is 61.7 Å². The van der Waals surface area contributed by atoms with Crippen molar-refractivity contribution in [3.63, 3.8) is 0 Å². The molecule has 3 fully saturated rings. The second kappa shape index (κ2) is 11.0. The second-order valence-corrected chi connectivity index (χ2v) is 11.1. The van der Waals surface area contributed by atoms with Crippen molar-refractivity contribution in [3.05, 3.63) is 48.0 Å². The predicted octanol–water partition coefficient (Wildman–Crippen LogP) is 4.29. The molecular weight excluding hydrogens is 480 g/mol. The van der Waals surface area contributed by atoms with Crippen LogP contribution in [0.15, 0.2) is 42.5 Å². The number of benzene rings is 2. The number of amides is 1. The Labute approximate surface area is 223 Å². The highest BCUT2D eigenvalue weighted by atomic mass is 16.5. The lowest BCUT2D eigenvalue weighted by Gasteiger charge is -2.43.